The van der Waals surface area contributed by atoms with Gasteiger partial charge in [0.05, 0.1) is 18.4 Å². The molecule has 0 aliphatic heterocycles. The van der Waals surface area contributed by atoms with E-state index in [0.29, 0.717) is 28.1 Å². The number of ether oxygens (including phenoxy) is 1. The summed E-state index contributed by atoms with van der Waals surface area (Å²) < 4.78 is 18.2. The highest BCUT2D eigenvalue weighted by Gasteiger charge is 2.11. The molecule has 1 aromatic heterocycles. The standard InChI is InChI=1S/C19H16ClFN4O2/c1-11-7-16(17(27-2)8-15(11)20)25-19-22-9-12(10-23-19)18(26)24-14-5-3-13(21)4-6-14/h3-10H,1-2H3,(H,24,26)(H,22,23,25). The van der Waals surface area contributed by atoms with Crippen molar-refractivity contribution < 1.29 is 13.9 Å². The quantitative estimate of drug-likeness (QED) is 0.671. The second kappa shape index (κ2) is 8.01. The molecule has 1 heterocycles. The van der Waals surface area contributed by atoms with Gasteiger partial charge in [0, 0.05) is 29.2 Å². The summed E-state index contributed by atoms with van der Waals surface area (Å²) in [5.74, 6) is 0.0772. The van der Waals surface area contributed by atoms with E-state index < -0.39 is 5.91 Å². The van der Waals surface area contributed by atoms with Gasteiger partial charge in [-0.05, 0) is 42.8 Å². The van der Waals surface area contributed by atoms with Crippen LogP contribution in [0.25, 0.3) is 0 Å². The monoisotopic (exact) mass is 386 g/mol. The Morgan fingerprint density at radius 1 is 1.15 bits per heavy atom. The maximum atomic E-state index is 12.9. The van der Waals surface area contributed by atoms with Crippen LogP contribution in [0.2, 0.25) is 5.02 Å². The fourth-order valence-electron chi connectivity index (χ4n) is 2.30. The van der Waals surface area contributed by atoms with Crippen molar-refractivity contribution in [3.63, 3.8) is 0 Å². The number of amides is 1. The molecule has 0 aliphatic rings. The molecule has 0 radical (unpaired) electrons. The number of hydrogen-bond donors (Lipinski definition) is 2. The number of aryl methyl sites for hydroxylation is 1. The number of carbonyl (C=O) groups is 1. The first kappa shape index (κ1) is 18.6. The molecule has 3 rings (SSSR count). The van der Waals surface area contributed by atoms with Crippen LogP contribution in [0.15, 0.2) is 48.8 Å². The van der Waals surface area contributed by atoms with Crippen molar-refractivity contribution in [2.24, 2.45) is 0 Å². The predicted molar refractivity (Wildman–Crippen MR) is 102 cm³/mol. The first-order valence-corrected chi connectivity index (χ1v) is 8.34. The van der Waals surface area contributed by atoms with Crippen molar-refractivity contribution >= 4 is 34.8 Å². The Hall–Kier alpha value is -3.19. The molecule has 0 aliphatic carbocycles. The fraction of sp³-hybridized carbons (Fsp3) is 0.105. The zero-order valence-electron chi connectivity index (χ0n) is 14.6. The number of nitrogens with one attached hydrogen (secondary N) is 2. The predicted octanol–water partition coefficient (Wildman–Crippen LogP) is 4.58. The summed E-state index contributed by atoms with van der Waals surface area (Å²) in [5, 5.41) is 6.27. The molecule has 0 saturated heterocycles. The Bertz CT molecular complexity index is 963. The van der Waals surface area contributed by atoms with Crippen LogP contribution in [0.1, 0.15) is 15.9 Å². The van der Waals surface area contributed by atoms with Gasteiger partial charge in [0.2, 0.25) is 5.95 Å². The lowest BCUT2D eigenvalue weighted by atomic mass is 10.2. The minimum absolute atomic E-state index is 0.268. The normalized spacial score (nSPS) is 10.4. The first-order chi connectivity index (χ1) is 13.0. The molecular formula is C19H16ClFN4O2. The van der Waals surface area contributed by atoms with Gasteiger partial charge in [-0.1, -0.05) is 11.6 Å². The summed E-state index contributed by atoms with van der Waals surface area (Å²) in [6.45, 7) is 1.87. The van der Waals surface area contributed by atoms with Gasteiger partial charge in [-0.15, -0.1) is 0 Å². The highest BCUT2D eigenvalue weighted by atomic mass is 35.5. The Balaban J connectivity index is 1.73. The summed E-state index contributed by atoms with van der Waals surface area (Å²) >= 11 is 6.09. The van der Waals surface area contributed by atoms with E-state index in [1.807, 2.05) is 13.0 Å². The SMILES string of the molecule is COc1cc(Cl)c(C)cc1Nc1ncc(C(=O)Nc2ccc(F)cc2)cn1. The second-order valence-corrected chi connectivity index (χ2v) is 6.09. The maximum Gasteiger partial charge on any atom is 0.258 e. The van der Waals surface area contributed by atoms with Crippen LogP contribution in [0.5, 0.6) is 5.75 Å². The van der Waals surface area contributed by atoms with E-state index in [1.54, 1.807) is 6.07 Å². The highest BCUT2D eigenvalue weighted by Crippen LogP contribution is 2.32. The van der Waals surface area contributed by atoms with Crippen molar-refractivity contribution in [3.8, 4) is 5.75 Å². The van der Waals surface area contributed by atoms with E-state index in [9.17, 15) is 9.18 Å². The van der Waals surface area contributed by atoms with Crippen molar-refractivity contribution in [2.75, 3.05) is 17.7 Å². The van der Waals surface area contributed by atoms with E-state index in [1.165, 1.54) is 43.8 Å². The first-order valence-electron chi connectivity index (χ1n) is 7.96. The van der Waals surface area contributed by atoms with Crippen LogP contribution in [-0.2, 0) is 0 Å². The number of carbonyl (C=O) groups excluding carboxylic acids is 1. The Labute approximate surface area is 160 Å². The summed E-state index contributed by atoms with van der Waals surface area (Å²) in [6, 6.07) is 8.99. The molecule has 2 N–H and O–H groups in total. The summed E-state index contributed by atoms with van der Waals surface area (Å²) in [4.78, 5) is 20.5. The molecule has 6 nitrogen and oxygen atoms in total. The van der Waals surface area contributed by atoms with E-state index >= 15 is 0 Å². The lowest BCUT2D eigenvalue weighted by Gasteiger charge is -2.12. The largest absolute Gasteiger partial charge is 0.495 e. The van der Waals surface area contributed by atoms with E-state index in [4.69, 9.17) is 16.3 Å². The molecule has 2 aromatic carbocycles. The van der Waals surface area contributed by atoms with Crippen LogP contribution >= 0.6 is 11.6 Å². The average Bonchev–Trinajstić information content (AvgIpc) is 2.67. The van der Waals surface area contributed by atoms with Crippen LogP contribution in [0.4, 0.5) is 21.7 Å². The van der Waals surface area contributed by atoms with Gasteiger partial charge < -0.3 is 15.4 Å². The van der Waals surface area contributed by atoms with Gasteiger partial charge in [-0.2, -0.15) is 0 Å². The molecule has 138 valence electrons. The lowest BCUT2D eigenvalue weighted by molar-refractivity contribution is 0.102. The minimum Gasteiger partial charge on any atom is -0.495 e. The number of aromatic nitrogens is 2. The summed E-state index contributed by atoms with van der Waals surface area (Å²) in [5.41, 5.74) is 2.27. The minimum atomic E-state index is -0.395. The van der Waals surface area contributed by atoms with Crippen LogP contribution in [0.3, 0.4) is 0 Å². The van der Waals surface area contributed by atoms with Crippen LogP contribution < -0.4 is 15.4 Å². The maximum absolute atomic E-state index is 12.9. The molecule has 0 bridgehead atoms. The van der Waals surface area contributed by atoms with Gasteiger partial charge in [0.15, 0.2) is 0 Å². The molecule has 0 spiro atoms. The molecule has 8 heteroatoms. The third kappa shape index (κ3) is 4.51. The molecule has 0 fully saturated rings. The van der Waals surface area contributed by atoms with E-state index in [-0.39, 0.29) is 11.4 Å². The summed E-state index contributed by atoms with van der Waals surface area (Å²) in [6.07, 6.45) is 2.78. The number of hydrogen-bond acceptors (Lipinski definition) is 5. The highest BCUT2D eigenvalue weighted by molar-refractivity contribution is 6.31. The number of benzene rings is 2. The molecule has 1 amide bonds. The second-order valence-electron chi connectivity index (χ2n) is 5.68. The Morgan fingerprint density at radius 2 is 1.81 bits per heavy atom. The summed E-state index contributed by atoms with van der Waals surface area (Å²) in [7, 11) is 1.54. The van der Waals surface area contributed by atoms with Gasteiger partial charge in [0.25, 0.3) is 5.91 Å². The van der Waals surface area contributed by atoms with E-state index in [0.717, 1.165) is 5.56 Å². The van der Waals surface area contributed by atoms with Gasteiger partial charge in [0.1, 0.15) is 11.6 Å². The number of anilines is 3. The Morgan fingerprint density at radius 3 is 2.44 bits per heavy atom. The number of halogens is 2. The van der Waals surface area contributed by atoms with Crippen LogP contribution in [0, 0.1) is 12.7 Å². The van der Waals surface area contributed by atoms with E-state index in [2.05, 4.69) is 20.6 Å². The zero-order chi connectivity index (χ0) is 19.4. The van der Waals surface area contributed by atoms with Gasteiger partial charge in [-0.25, -0.2) is 14.4 Å². The van der Waals surface area contributed by atoms with Gasteiger partial charge >= 0.3 is 0 Å². The number of methoxy groups -OCH3 is 1. The molecule has 0 unspecified atom stereocenters. The lowest BCUT2D eigenvalue weighted by Crippen LogP contribution is -2.13. The van der Waals surface area contributed by atoms with Crippen molar-refractivity contribution in [3.05, 3.63) is 70.8 Å². The third-order valence-corrected chi connectivity index (χ3v) is 4.15. The molecule has 0 saturated carbocycles. The molecular weight excluding hydrogens is 371 g/mol. The fourth-order valence-corrected chi connectivity index (χ4v) is 2.45. The van der Waals surface area contributed by atoms with Crippen LogP contribution in [-0.4, -0.2) is 23.0 Å². The topological polar surface area (TPSA) is 76.1 Å². The molecule has 0 atom stereocenters. The van der Waals surface area contributed by atoms with Gasteiger partial charge in [-0.3, -0.25) is 4.79 Å². The number of rotatable bonds is 5. The van der Waals surface area contributed by atoms with Crippen molar-refractivity contribution in [1.82, 2.24) is 9.97 Å². The molecule has 27 heavy (non-hydrogen) atoms. The number of nitrogens with zero attached hydrogens (tertiary/aromatic N) is 2. The molecule has 3 aromatic rings. The smallest absolute Gasteiger partial charge is 0.258 e. The zero-order valence-corrected chi connectivity index (χ0v) is 15.3. The average molecular weight is 387 g/mol. The Kier molecular flexibility index (Phi) is 5.52. The van der Waals surface area contributed by atoms with Crippen molar-refractivity contribution in [2.45, 2.75) is 6.92 Å². The third-order valence-electron chi connectivity index (χ3n) is 3.74. The van der Waals surface area contributed by atoms with Crippen molar-refractivity contribution in [1.29, 1.82) is 0 Å².